The van der Waals surface area contributed by atoms with Crippen molar-refractivity contribution in [3.63, 3.8) is 0 Å². The highest BCUT2D eigenvalue weighted by molar-refractivity contribution is 5.93. The molecule has 0 aromatic carbocycles. The van der Waals surface area contributed by atoms with Gasteiger partial charge in [-0.1, -0.05) is 19.3 Å². The molecule has 20 heavy (non-hydrogen) atoms. The number of carbonyl (C=O) groups is 2. The Morgan fingerprint density at radius 2 is 2.00 bits per heavy atom. The molecular formula is C14H17FN2O3. The molecule has 1 saturated carbocycles. The summed E-state index contributed by atoms with van der Waals surface area (Å²) in [5.74, 6) is -1.90. The third kappa shape index (κ3) is 3.53. The lowest BCUT2D eigenvalue weighted by Gasteiger charge is -2.36. The Morgan fingerprint density at radius 3 is 2.55 bits per heavy atom. The predicted octanol–water partition coefficient (Wildman–Crippen LogP) is 2.13. The maximum Gasteiger partial charge on any atom is 0.305 e. The molecule has 2 rings (SSSR count). The van der Waals surface area contributed by atoms with Crippen LogP contribution in [0.3, 0.4) is 0 Å². The van der Waals surface area contributed by atoms with Crippen molar-refractivity contribution in [3.05, 3.63) is 29.8 Å². The van der Waals surface area contributed by atoms with Gasteiger partial charge in [0, 0.05) is 0 Å². The summed E-state index contributed by atoms with van der Waals surface area (Å²) in [5.41, 5.74) is -0.612. The SMILES string of the molecule is O=C(O)CC1(NC(=O)c2ccc(F)cn2)CCCCC1. The van der Waals surface area contributed by atoms with Crippen LogP contribution < -0.4 is 5.32 Å². The Hall–Kier alpha value is -1.98. The van der Waals surface area contributed by atoms with Crippen molar-refractivity contribution in [1.82, 2.24) is 10.3 Å². The highest BCUT2D eigenvalue weighted by atomic mass is 19.1. The zero-order chi connectivity index (χ0) is 14.6. The summed E-state index contributed by atoms with van der Waals surface area (Å²) >= 11 is 0. The van der Waals surface area contributed by atoms with Crippen LogP contribution in [0.4, 0.5) is 4.39 Å². The smallest absolute Gasteiger partial charge is 0.305 e. The maximum absolute atomic E-state index is 12.8. The van der Waals surface area contributed by atoms with Crippen molar-refractivity contribution in [1.29, 1.82) is 0 Å². The first kappa shape index (κ1) is 14.4. The van der Waals surface area contributed by atoms with Crippen LogP contribution in [0.5, 0.6) is 0 Å². The Kier molecular flexibility index (Phi) is 4.32. The fourth-order valence-electron chi connectivity index (χ4n) is 2.68. The van der Waals surface area contributed by atoms with Gasteiger partial charge in [0.1, 0.15) is 11.5 Å². The van der Waals surface area contributed by atoms with E-state index >= 15 is 0 Å². The zero-order valence-corrected chi connectivity index (χ0v) is 11.1. The second-order valence-corrected chi connectivity index (χ2v) is 5.23. The van der Waals surface area contributed by atoms with Gasteiger partial charge in [0.15, 0.2) is 0 Å². The Bertz CT molecular complexity index is 496. The number of hydrogen-bond acceptors (Lipinski definition) is 3. The molecule has 6 heteroatoms. The first-order valence-electron chi connectivity index (χ1n) is 6.67. The van der Waals surface area contributed by atoms with Crippen LogP contribution in [0.1, 0.15) is 49.0 Å². The molecule has 108 valence electrons. The number of carboxylic acids is 1. The van der Waals surface area contributed by atoms with Crippen molar-refractivity contribution < 1.29 is 19.1 Å². The van der Waals surface area contributed by atoms with Crippen molar-refractivity contribution in [2.24, 2.45) is 0 Å². The molecule has 0 saturated heterocycles. The number of amides is 1. The van der Waals surface area contributed by atoms with E-state index in [4.69, 9.17) is 5.11 Å². The number of aromatic nitrogens is 1. The van der Waals surface area contributed by atoms with E-state index in [-0.39, 0.29) is 12.1 Å². The molecule has 1 amide bonds. The standard InChI is InChI=1S/C14H17FN2O3/c15-10-4-5-11(16-9-10)13(20)17-14(8-12(18)19)6-2-1-3-7-14/h4-5,9H,1-3,6-8H2,(H,17,20)(H,18,19). The Labute approximate surface area is 116 Å². The lowest BCUT2D eigenvalue weighted by Crippen LogP contribution is -2.51. The molecule has 2 N–H and O–H groups in total. The van der Waals surface area contributed by atoms with Gasteiger partial charge in [-0.25, -0.2) is 9.37 Å². The molecule has 0 unspecified atom stereocenters. The van der Waals surface area contributed by atoms with E-state index in [1.54, 1.807) is 0 Å². The summed E-state index contributed by atoms with van der Waals surface area (Å²) in [6, 6.07) is 2.45. The average Bonchev–Trinajstić information content (AvgIpc) is 2.39. The second-order valence-electron chi connectivity index (χ2n) is 5.23. The topological polar surface area (TPSA) is 79.3 Å². The van der Waals surface area contributed by atoms with Gasteiger partial charge in [0.2, 0.25) is 0 Å². The van der Waals surface area contributed by atoms with Crippen molar-refractivity contribution >= 4 is 11.9 Å². The van der Waals surface area contributed by atoms with Crippen LogP contribution in [-0.2, 0) is 4.79 Å². The van der Waals surface area contributed by atoms with Crippen LogP contribution in [0, 0.1) is 5.82 Å². The maximum atomic E-state index is 12.8. The van der Waals surface area contributed by atoms with Crippen molar-refractivity contribution in [2.45, 2.75) is 44.1 Å². The molecule has 0 radical (unpaired) electrons. The van der Waals surface area contributed by atoms with Crippen molar-refractivity contribution in [3.8, 4) is 0 Å². The van der Waals surface area contributed by atoms with Crippen LogP contribution in [0.2, 0.25) is 0 Å². The lowest BCUT2D eigenvalue weighted by atomic mass is 9.79. The molecule has 1 fully saturated rings. The Balaban J connectivity index is 2.12. The van der Waals surface area contributed by atoms with E-state index < -0.39 is 23.2 Å². The molecule has 1 aromatic heterocycles. The number of nitrogens with one attached hydrogen (secondary N) is 1. The summed E-state index contributed by atoms with van der Waals surface area (Å²) in [6.45, 7) is 0. The van der Waals surface area contributed by atoms with E-state index in [2.05, 4.69) is 10.3 Å². The molecule has 1 aromatic rings. The number of halogens is 1. The summed E-state index contributed by atoms with van der Waals surface area (Å²) in [5, 5.41) is 11.8. The normalized spacial score (nSPS) is 17.4. The molecule has 0 atom stereocenters. The molecular weight excluding hydrogens is 263 g/mol. The van der Waals surface area contributed by atoms with Crippen LogP contribution >= 0.6 is 0 Å². The first-order valence-corrected chi connectivity index (χ1v) is 6.67. The van der Waals surface area contributed by atoms with Gasteiger partial charge in [-0.15, -0.1) is 0 Å². The van der Waals surface area contributed by atoms with E-state index in [9.17, 15) is 14.0 Å². The summed E-state index contributed by atoms with van der Waals surface area (Å²) in [6.07, 6.45) is 5.00. The fraction of sp³-hybridized carbons (Fsp3) is 0.500. The van der Waals surface area contributed by atoms with Crippen molar-refractivity contribution in [2.75, 3.05) is 0 Å². The van der Waals surface area contributed by atoms with E-state index in [1.807, 2.05) is 0 Å². The summed E-state index contributed by atoms with van der Waals surface area (Å²) in [4.78, 5) is 26.9. The predicted molar refractivity (Wildman–Crippen MR) is 69.7 cm³/mol. The van der Waals surface area contributed by atoms with Gasteiger partial charge in [-0.3, -0.25) is 9.59 Å². The minimum Gasteiger partial charge on any atom is -0.481 e. The third-order valence-electron chi connectivity index (χ3n) is 3.64. The van der Waals surface area contributed by atoms with Crippen LogP contribution in [0.15, 0.2) is 18.3 Å². The quantitative estimate of drug-likeness (QED) is 0.885. The molecule has 0 bridgehead atoms. The molecule has 5 nitrogen and oxygen atoms in total. The minimum atomic E-state index is -0.931. The molecule has 1 aliphatic rings. The van der Waals surface area contributed by atoms with E-state index in [0.29, 0.717) is 12.8 Å². The highest BCUT2D eigenvalue weighted by Gasteiger charge is 2.36. The number of carboxylic acid groups (broad SMARTS) is 1. The monoisotopic (exact) mass is 280 g/mol. The third-order valence-corrected chi connectivity index (χ3v) is 3.64. The lowest BCUT2D eigenvalue weighted by molar-refractivity contribution is -0.139. The van der Waals surface area contributed by atoms with E-state index in [0.717, 1.165) is 31.5 Å². The van der Waals surface area contributed by atoms with Gasteiger partial charge in [0.25, 0.3) is 5.91 Å². The fourth-order valence-corrected chi connectivity index (χ4v) is 2.68. The number of carbonyl (C=O) groups excluding carboxylic acids is 1. The zero-order valence-electron chi connectivity index (χ0n) is 11.1. The molecule has 0 spiro atoms. The average molecular weight is 280 g/mol. The summed E-state index contributed by atoms with van der Waals surface area (Å²) < 4.78 is 12.8. The van der Waals surface area contributed by atoms with Gasteiger partial charge >= 0.3 is 5.97 Å². The van der Waals surface area contributed by atoms with E-state index in [1.165, 1.54) is 6.07 Å². The number of pyridine rings is 1. The summed E-state index contributed by atoms with van der Waals surface area (Å²) in [7, 11) is 0. The van der Waals surface area contributed by atoms with Gasteiger partial charge in [-0.2, -0.15) is 0 Å². The number of hydrogen-bond donors (Lipinski definition) is 2. The number of aliphatic carboxylic acids is 1. The van der Waals surface area contributed by atoms with Gasteiger partial charge in [-0.05, 0) is 25.0 Å². The minimum absolute atomic E-state index is 0.0973. The van der Waals surface area contributed by atoms with Gasteiger partial charge < -0.3 is 10.4 Å². The number of nitrogens with zero attached hydrogens (tertiary/aromatic N) is 1. The largest absolute Gasteiger partial charge is 0.481 e. The highest BCUT2D eigenvalue weighted by Crippen LogP contribution is 2.31. The Morgan fingerprint density at radius 1 is 1.30 bits per heavy atom. The van der Waals surface area contributed by atoms with Crippen LogP contribution in [0.25, 0.3) is 0 Å². The number of rotatable bonds is 4. The van der Waals surface area contributed by atoms with Gasteiger partial charge in [0.05, 0.1) is 18.2 Å². The van der Waals surface area contributed by atoms with Crippen LogP contribution in [-0.4, -0.2) is 27.5 Å². The molecule has 1 aliphatic carbocycles. The second kappa shape index (κ2) is 5.98. The first-order chi connectivity index (χ1) is 9.51. The molecule has 0 aliphatic heterocycles. The molecule has 1 heterocycles.